The van der Waals surface area contributed by atoms with Crippen LogP contribution >= 0.6 is 0 Å². The summed E-state index contributed by atoms with van der Waals surface area (Å²) in [5.41, 5.74) is 0. The minimum atomic E-state index is -0.932. The Morgan fingerprint density at radius 2 is 2.11 bits per heavy atom. The van der Waals surface area contributed by atoms with Gasteiger partial charge < -0.3 is 19.2 Å². The molecule has 0 aliphatic rings. The van der Waals surface area contributed by atoms with E-state index in [1.165, 1.54) is 12.0 Å². The fraction of sp³-hybridized carbons (Fsp3) is 0.538. The summed E-state index contributed by atoms with van der Waals surface area (Å²) in [6.07, 6.45) is -0.0877. The minimum Gasteiger partial charge on any atom is -0.481 e. The highest BCUT2D eigenvalue weighted by atomic mass is 16.5. The van der Waals surface area contributed by atoms with Crippen molar-refractivity contribution in [3.05, 3.63) is 23.7 Å². The molecule has 0 saturated carbocycles. The van der Waals surface area contributed by atoms with E-state index in [0.29, 0.717) is 12.4 Å². The van der Waals surface area contributed by atoms with E-state index in [-0.39, 0.29) is 30.7 Å². The number of carbonyl (C=O) groups excluding carboxylic acids is 1. The van der Waals surface area contributed by atoms with E-state index in [1.807, 2.05) is 13.8 Å². The number of nitrogens with zero attached hydrogens (tertiary/aromatic N) is 1. The first-order valence-corrected chi connectivity index (χ1v) is 6.06. The van der Waals surface area contributed by atoms with Crippen molar-refractivity contribution in [1.29, 1.82) is 0 Å². The van der Waals surface area contributed by atoms with E-state index < -0.39 is 5.97 Å². The SMILES string of the molecule is COCc1ccc(C(=O)N(CCC(=O)O)C(C)C)o1. The minimum absolute atomic E-state index is 0.0877. The van der Waals surface area contributed by atoms with Crippen LogP contribution in [0.3, 0.4) is 0 Å². The fourth-order valence-corrected chi connectivity index (χ4v) is 1.66. The Morgan fingerprint density at radius 3 is 2.63 bits per heavy atom. The van der Waals surface area contributed by atoms with Crippen LogP contribution in [0.25, 0.3) is 0 Å². The molecule has 0 bridgehead atoms. The number of carboxylic acid groups (broad SMARTS) is 1. The van der Waals surface area contributed by atoms with Gasteiger partial charge in [0.25, 0.3) is 5.91 Å². The number of methoxy groups -OCH3 is 1. The normalized spacial score (nSPS) is 10.7. The van der Waals surface area contributed by atoms with Gasteiger partial charge in [0.1, 0.15) is 12.4 Å². The monoisotopic (exact) mass is 269 g/mol. The summed E-state index contributed by atoms with van der Waals surface area (Å²) >= 11 is 0. The first-order valence-electron chi connectivity index (χ1n) is 6.06. The van der Waals surface area contributed by atoms with Gasteiger partial charge in [0, 0.05) is 19.7 Å². The third-order valence-electron chi connectivity index (χ3n) is 2.61. The molecule has 0 aromatic carbocycles. The predicted octanol–water partition coefficient (Wildman–Crippen LogP) is 1.75. The molecule has 0 spiro atoms. The van der Waals surface area contributed by atoms with Gasteiger partial charge in [-0.25, -0.2) is 0 Å². The van der Waals surface area contributed by atoms with Crippen molar-refractivity contribution in [2.75, 3.05) is 13.7 Å². The predicted molar refractivity (Wildman–Crippen MR) is 67.8 cm³/mol. The second-order valence-electron chi connectivity index (χ2n) is 4.44. The van der Waals surface area contributed by atoms with Crippen molar-refractivity contribution >= 4 is 11.9 Å². The zero-order valence-electron chi connectivity index (χ0n) is 11.4. The second-order valence-corrected chi connectivity index (χ2v) is 4.44. The smallest absolute Gasteiger partial charge is 0.305 e. The van der Waals surface area contributed by atoms with E-state index in [0.717, 1.165) is 0 Å². The van der Waals surface area contributed by atoms with Crippen LogP contribution in [0.1, 0.15) is 36.6 Å². The van der Waals surface area contributed by atoms with Crippen molar-refractivity contribution in [2.45, 2.75) is 32.9 Å². The molecular formula is C13H19NO5. The second kappa shape index (κ2) is 6.94. The van der Waals surface area contributed by atoms with E-state index >= 15 is 0 Å². The molecule has 0 unspecified atom stereocenters. The van der Waals surface area contributed by atoms with E-state index in [2.05, 4.69) is 0 Å². The summed E-state index contributed by atoms with van der Waals surface area (Å²) in [7, 11) is 1.54. The molecule has 1 heterocycles. The lowest BCUT2D eigenvalue weighted by molar-refractivity contribution is -0.137. The summed E-state index contributed by atoms with van der Waals surface area (Å²) in [6.45, 7) is 4.12. The third-order valence-corrected chi connectivity index (χ3v) is 2.61. The molecule has 0 radical (unpaired) electrons. The number of furan rings is 1. The van der Waals surface area contributed by atoms with Crippen LogP contribution in [0.2, 0.25) is 0 Å². The number of rotatable bonds is 7. The van der Waals surface area contributed by atoms with Crippen LogP contribution in [-0.2, 0) is 16.1 Å². The topological polar surface area (TPSA) is 80.0 Å². The van der Waals surface area contributed by atoms with Gasteiger partial charge in [-0.1, -0.05) is 0 Å². The molecule has 0 saturated heterocycles. The average Bonchev–Trinajstić information content (AvgIpc) is 2.77. The number of ether oxygens (including phenoxy) is 1. The van der Waals surface area contributed by atoms with Crippen molar-refractivity contribution in [3.63, 3.8) is 0 Å². The van der Waals surface area contributed by atoms with Crippen LogP contribution in [0, 0.1) is 0 Å². The molecule has 6 heteroatoms. The quantitative estimate of drug-likeness (QED) is 0.815. The van der Waals surface area contributed by atoms with Crippen LogP contribution in [0.15, 0.2) is 16.5 Å². The number of amides is 1. The lowest BCUT2D eigenvalue weighted by Crippen LogP contribution is -2.38. The first-order chi connectivity index (χ1) is 8.95. The number of aliphatic carboxylic acids is 1. The van der Waals surface area contributed by atoms with Gasteiger partial charge in [-0.2, -0.15) is 0 Å². The zero-order valence-corrected chi connectivity index (χ0v) is 11.4. The fourth-order valence-electron chi connectivity index (χ4n) is 1.66. The highest BCUT2D eigenvalue weighted by Crippen LogP contribution is 2.14. The van der Waals surface area contributed by atoms with E-state index in [4.69, 9.17) is 14.3 Å². The third kappa shape index (κ3) is 4.40. The largest absolute Gasteiger partial charge is 0.481 e. The average molecular weight is 269 g/mol. The summed E-state index contributed by atoms with van der Waals surface area (Å²) in [5, 5.41) is 8.69. The zero-order chi connectivity index (χ0) is 14.4. The summed E-state index contributed by atoms with van der Waals surface area (Å²) in [6, 6.07) is 3.15. The van der Waals surface area contributed by atoms with Crippen molar-refractivity contribution in [2.24, 2.45) is 0 Å². The van der Waals surface area contributed by atoms with Crippen molar-refractivity contribution < 1.29 is 23.8 Å². The number of carboxylic acids is 1. The number of carbonyl (C=O) groups is 2. The molecule has 0 fully saturated rings. The first kappa shape index (κ1) is 15.2. The lowest BCUT2D eigenvalue weighted by atomic mass is 10.2. The van der Waals surface area contributed by atoms with Gasteiger partial charge in [-0.3, -0.25) is 9.59 Å². The molecule has 106 valence electrons. The van der Waals surface area contributed by atoms with Gasteiger partial charge in [0.2, 0.25) is 0 Å². The Bertz CT molecular complexity index is 438. The molecule has 1 aromatic rings. The van der Waals surface area contributed by atoms with E-state index in [1.54, 1.807) is 12.1 Å². The standard InChI is InChI=1S/C13H19NO5/c1-9(2)14(7-6-12(15)16)13(17)11-5-4-10(19-11)8-18-3/h4-5,9H,6-8H2,1-3H3,(H,15,16). The molecule has 1 N–H and O–H groups in total. The summed E-state index contributed by atoms with van der Waals surface area (Å²) in [5.74, 6) is -0.476. The van der Waals surface area contributed by atoms with Gasteiger partial charge in [-0.15, -0.1) is 0 Å². The van der Waals surface area contributed by atoms with E-state index in [9.17, 15) is 9.59 Å². The lowest BCUT2D eigenvalue weighted by Gasteiger charge is -2.25. The Hall–Kier alpha value is -1.82. The van der Waals surface area contributed by atoms with Crippen molar-refractivity contribution in [1.82, 2.24) is 4.90 Å². The molecule has 6 nitrogen and oxygen atoms in total. The maximum absolute atomic E-state index is 12.2. The Kier molecular flexibility index (Phi) is 5.57. The van der Waals surface area contributed by atoms with Gasteiger partial charge in [-0.05, 0) is 26.0 Å². The molecule has 1 rings (SSSR count). The van der Waals surface area contributed by atoms with Crippen LogP contribution in [0.5, 0.6) is 0 Å². The highest BCUT2D eigenvalue weighted by Gasteiger charge is 2.22. The molecule has 1 amide bonds. The number of hydrogen-bond acceptors (Lipinski definition) is 4. The number of hydrogen-bond donors (Lipinski definition) is 1. The van der Waals surface area contributed by atoms with Gasteiger partial charge >= 0.3 is 5.97 Å². The molecular weight excluding hydrogens is 250 g/mol. The Balaban J connectivity index is 2.77. The van der Waals surface area contributed by atoms with Crippen molar-refractivity contribution in [3.8, 4) is 0 Å². The molecule has 1 aromatic heterocycles. The van der Waals surface area contributed by atoms with Gasteiger partial charge in [0.15, 0.2) is 5.76 Å². The summed E-state index contributed by atoms with van der Waals surface area (Å²) in [4.78, 5) is 24.3. The highest BCUT2D eigenvalue weighted by molar-refractivity contribution is 5.92. The Morgan fingerprint density at radius 1 is 1.42 bits per heavy atom. The van der Waals surface area contributed by atoms with Crippen LogP contribution < -0.4 is 0 Å². The van der Waals surface area contributed by atoms with Crippen LogP contribution in [0.4, 0.5) is 0 Å². The maximum atomic E-state index is 12.2. The molecule has 0 atom stereocenters. The van der Waals surface area contributed by atoms with Crippen LogP contribution in [-0.4, -0.2) is 41.6 Å². The molecule has 0 aliphatic heterocycles. The maximum Gasteiger partial charge on any atom is 0.305 e. The summed E-state index contributed by atoms with van der Waals surface area (Å²) < 4.78 is 10.3. The molecule has 0 aliphatic carbocycles. The Labute approximate surface area is 112 Å². The van der Waals surface area contributed by atoms with Gasteiger partial charge in [0.05, 0.1) is 6.42 Å². The molecule has 19 heavy (non-hydrogen) atoms.